The summed E-state index contributed by atoms with van der Waals surface area (Å²) in [5.41, 5.74) is 1.08. The Labute approximate surface area is 109 Å². The predicted octanol–water partition coefficient (Wildman–Crippen LogP) is 2.93. The smallest absolute Gasteiger partial charge is 0.305 e. The van der Waals surface area contributed by atoms with Crippen molar-refractivity contribution < 1.29 is 14.4 Å². The molecule has 0 aliphatic heterocycles. The first kappa shape index (κ1) is 14.7. The zero-order valence-corrected chi connectivity index (χ0v) is 11.5. The summed E-state index contributed by atoms with van der Waals surface area (Å²) >= 11 is 0. The summed E-state index contributed by atoms with van der Waals surface area (Å²) < 4.78 is 4.75. The number of hydrogen-bond acceptors (Lipinski definition) is 4. The van der Waals surface area contributed by atoms with Gasteiger partial charge in [-0.15, -0.1) is 0 Å². The molecular weight excluding hydrogens is 230 g/mol. The highest BCUT2D eigenvalue weighted by molar-refractivity contribution is 5.89. The maximum atomic E-state index is 11.4. The van der Waals surface area contributed by atoms with Gasteiger partial charge in [-0.25, -0.2) is 0 Å². The SMILES string of the molecule is CC/C=C/CC1/C(=N\OC)CCC1CC(=O)OC. The van der Waals surface area contributed by atoms with E-state index in [1.165, 1.54) is 7.11 Å². The van der Waals surface area contributed by atoms with Crippen molar-refractivity contribution in [3.8, 4) is 0 Å². The number of oxime groups is 1. The molecule has 1 saturated carbocycles. The van der Waals surface area contributed by atoms with Crippen LogP contribution >= 0.6 is 0 Å². The van der Waals surface area contributed by atoms with E-state index in [2.05, 4.69) is 24.2 Å². The van der Waals surface area contributed by atoms with Crippen LogP contribution in [0.5, 0.6) is 0 Å². The molecule has 0 heterocycles. The largest absolute Gasteiger partial charge is 0.469 e. The van der Waals surface area contributed by atoms with E-state index in [0.29, 0.717) is 18.3 Å². The van der Waals surface area contributed by atoms with Gasteiger partial charge >= 0.3 is 5.97 Å². The third kappa shape index (κ3) is 4.17. The van der Waals surface area contributed by atoms with Gasteiger partial charge in [-0.05, 0) is 31.6 Å². The second-order valence-corrected chi connectivity index (χ2v) is 4.57. The summed E-state index contributed by atoms with van der Waals surface area (Å²) in [5.74, 6) is 0.503. The summed E-state index contributed by atoms with van der Waals surface area (Å²) in [6.45, 7) is 2.11. The summed E-state index contributed by atoms with van der Waals surface area (Å²) in [7, 11) is 3.01. The van der Waals surface area contributed by atoms with Crippen molar-refractivity contribution in [2.24, 2.45) is 17.0 Å². The monoisotopic (exact) mass is 253 g/mol. The van der Waals surface area contributed by atoms with E-state index in [-0.39, 0.29) is 5.97 Å². The second-order valence-electron chi connectivity index (χ2n) is 4.57. The number of ether oxygens (including phenoxy) is 1. The Kier molecular flexibility index (Phi) is 6.47. The van der Waals surface area contributed by atoms with Gasteiger partial charge in [-0.1, -0.05) is 24.2 Å². The molecule has 2 unspecified atom stereocenters. The van der Waals surface area contributed by atoms with Crippen molar-refractivity contribution in [3.63, 3.8) is 0 Å². The molecule has 18 heavy (non-hydrogen) atoms. The number of nitrogens with zero attached hydrogens (tertiary/aromatic N) is 1. The zero-order valence-electron chi connectivity index (χ0n) is 11.5. The van der Waals surface area contributed by atoms with E-state index in [1.54, 1.807) is 7.11 Å². The molecule has 0 aromatic rings. The van der Waals surface area contributed by atoms with Gasteiger partial charge < -0.3 is 9.57 Å². The van der Waals surface area contributed by atoms with Crippen LogP contribution in [0.15, 0.2) is 17.3 Å². The van der Waals surface area contributed by atoms with Crippen LogP contribution in [0.3, 0.4) is 0 Å². The van der Waals surface area contributed by atoms with Gasteiger partial charge in [0.1, 0.15) is 7.11 Å². The van der Waals surface area contributed by atoms with Crippen LogP contribution in [-0.2, 0) is 14.4 Å². The first-order valence-corrected chi connectivity index (χ1v) is 6.54. The minimum absolute atomic E-state index is 0.136. The molecule has 2 atom stereocenters. The molecule has 0 saturated heterocycles. The summed E-state index contributed by atoms with van der Waals surface area (Å²) in [6.07, 6.45) is 8.66. The Morgan fingerprint density at radius 3 is 2.83 bits per heavy atom. The molecule has 0 aromatic carbocycles. The molecule has 0 bridgehead atoms. The van der Waals surface area contributed by atoms with Crippen LogP contribution in [0.1, 0.15) is 39.0 Å². The van der Waals surface area contributed by atoms with Crippen LogP contribution in [0.4, 0.5) is 0 Å². The van der Waals surface area contributed by atoms with E-state index < -0.39 is 0 Å². The van der Waals surface area contributed by atoms with E-state index in [0.717, 1.165) is 31.4 Å². The highest BCUT2D eigenvalue weighted by Gasteiger charge is 2.34. The molecule has 102 valence electrons. The van der Waals surface area contributed by atoms with Crippen molar-refractivity contribution in [1.82, 2.24) is 0 Å². The zero-order chi connectivity index (χ0) is 13.4. The number of esters is 1. The molecule has 1 fully saturated rings. The third-order valence-corrected chi connectivity index (χ3v) is 3.43. The quantitative estimate of drug-likeness (QED) is 0.415. The number of hydrogen-bond donors (Lipinski definition) is 0. The average molecular weight is 253 g/mol. The normalized spacial score (nSPS) is 25.8. The lowest BCUT2D eigenvalue weighted by Gasteiger charge is -2.17. The van der Waals surface area contributed by atoms with Gasteiger partial charge in [0.15, 0.2) is 0 Å². The molecule has 4 nitrogen and oxygen atoms in total. The van der Waals surface area contributed by atoms with Gasteiger partial charge in [0.05, 0.1) is 12.8 Å². The number of carbonyl (C=O) groups excluding carboxylic acids is 1. The number of carbonyl (C=O) groups is 1. The maximum Gasteiger partial charge on any atom is 0.305 e. The van der Waals surface area contributed by atoms with Crippen molar-refractivity contribution >= 4 is 11.7 Å². The molecule has 0 radical (unpaired) electrons. The molecular formula is C14H23NO3. The fourth-order valence-corrected chi connectivity index (χ4v) is 2.50. The molecule has 0 spiro atoms. The van der Waals surface area contributed by atoms with Crippen molar-refractivity contribution in [3.05, 3.63) is 12.2 Å². The van der Waals surface area contributed by atoms with Gasteiger partial charge in [-0.3, -0.25) is 4.79 Å². The Bertz CT molecular complexity index is 323. The number of allylic oxidation sites excluding steroid dienone is 2. The first-order chi connectivity index (χ1) is 8.72. The Morgan fingerprint density at radius 2 is 2.22 bits per heavy atom. The van der Waals surface area contributed by atoms with E-state index in [4.69, 9.17) is 9.57 Å². The topological polar surface area (TPSA) is 47.9 Å². The van der Waals surface area contributed by atoms with Gasteiger partial charge in [0.2, 0.25) is 0 Å². The Hall–Kier alpha value is -1.32. The Morgan fingerprint density at radius 1 is 1.44 bits per heavy atom. The third-order valence-electron chi connectivity index (χ3n) is 3.43. The molecule has 1 aliphatic rings. The summed E-state index contributed by atoms with van der Waals surface area (Å²) in [4.78, 5) is 16.3. The molecule has 0 amide bonds. The van der Waals surface area contributed by atoms with Crippen molar-refractivity contribution in [1.29, 1.82) is 0 Å². The highest BCUT2D eigenvalue weighted by Crippen LogP contribution is 2.35. The van der Waals surface area contributed by atoms with Gasteiger partial charge in [0, 0.05) is 12.3 Å². The summed E-state index contributed by atoms with van der Waals surface area (Å²) in [5, 5.41) is 4.10. The van der Waals surface area contributed by atoms with Crippen molar-refractivity contribution in [2.75, 3.05) is 14.2 Å². The van der Waals surface area contributed by atoms with E-state index >= 15 is 0 Å². The second kappa shape index (κ2) is 7.90. The molecule has 1 rings (SSSR count). The lowest BCUT2D eigenvalue weighted by molar-refractivity contribution is -0.141. The molecule has 1 aliphatic carbocycles. The van der Waals surface area contributed by atoms with Gasteiger partial charge in [0.25, 0.3) is 0 Å². The number of rotatable bonds is 6. The van der Waals surface area contributed by atoms with E-state index in [1.807, 2.05) is 0 Å². The minimum Gasteiger partial charge on any atom is -0.469 e. The van der Waals surface area contributed by atoms with E-state index in [9.17, 15) is 4.79 Å². The van der Waals surface area contributed by atoms with Crippen LogP contribution in [-0.4, -0.2) is 25.9 Å². The van der Waals surface area contributed by atoms with Crippen LogP contribution in [0.2, 0.25) is 0 Å². The summed E-state index contributed by atoms with van der Waals surface area (Å²) in [6, 6.07) is 0. The first-order valence-electron chi connectivity index (χ1n) is 6.54. The Balaban J connectivity index is 2.67. The van der Waals surface area contributed by atoms with Crippen LogP contribution in [0.25, 0.3) is 0 Å². The fourth-order valence-electron chi connectivity index (χ4n) is 2.50. The standard InChI is InChI=1S/C14H23NO3/c1-4-5-6-7-12-11(10-14(16)17-2)8-9-13(12)15-18-3/h5-6,11-12H,4,7-10H2,1-3H3/b6-5+,15-13-. The van der Waals surface area contributed by atoms with Crippen molar-refractivity contribution in [2.45, 2.75) is 39.0 Å². The van der Waals surface area contributed by atoms with Gasteiger partial charge in [-0.2, -0.15) is 0 Å². The lowest BCUT2D eigenvalue weighted by Crippen LogP contribution is -2.18. The minimum atomic E-state index is -0.136. The predicted molar refractivity (Wildman–Crippen MR) is 71.3 cm³/mol. The van der Waals surface area contributed by atoms with Crippen LogP contribution < -0.4 is 0 Å². The lowest BCUT2D eigenvalue weighted by atomic mass is 9.89. The average Bonchev–Trinajstić information content (AvgIpc) is 2.73. The molecule has 0 aromatic heterocycles. The van der Waals surface area contributed by atoms with Crippen LogP contribution in [0, 0.1) is 11.8 Å². The fraction of sp³-hybridized carbons (Fsp3) is 0.714. The number of methoxy groups -OCH3 is 1. The highest BCUT2D eigenvalue weighted by atomic mass is 16.6. The molecule has 4 heteroatoms. The molecule has 0 N–H and O–H groups in total. The maximum absolute atomic E-state index is 11.4.